The maximum atomic E-state index is 12.2. The van der Waals surface area contributed by atoms with Crippen molar-refractivity contribution >= 4 is 21.7 Å². The Morgan fingerprint density at radius 2 is 1.68 bits per heavy atom. The highest BCUT2D eigenvalue weighted by Gasteiger charge is 2.18. The number of nitrogens with zero attached hydrogens (tertiary/aromatic N) is 2. The van der Waals surface area contributed by atoms with Gasteiger partial charge in [0.2, 0.25) is 0 Å². The molecule has 1 atom stereocenters. The number of carbonyl (C=O) groups is 2. The third-order valence-electron chi connectivity index (χ3n) is 5.25. The Morgan fingerprint density at radius 3 is 2.24 bits per heavy atom. The van der Waals surface area contributed by atoms with Gasteiger partial charge in [-0.05, 0) is 41.7 Å². The Labute approximate surface area is 198 Å². The molecule has 0 spiro atoms. The number of hydrogen-bond donors (Lipinski definition) is 3. The lowest BCUT2D eigenvalue weighted by molar-refractivity contribution is -0.139. The van der Waals surface area contributed by atoms with Crippen LogP contribution in [0.2, 0.25) is 0 Å². The lowest BCUT2D eigenvalue weighted by atomic mass is 10.0. The summed E-state index contributed by atoms with van der Waals surface area (Å²) in [6, 6.07) is 13.5. The van der Waals surface area contributed by atoms with Gasteiger partial charge in [-0.25, -0.2) is 13.4 Å². The summed E-state index contributed by atoms with van der Waals surface area (Å²) in [6.07, 6.45) is 7.35. The fraction of sp³-hybridized carbons (Fsp3) is 0.292. The number of imidazole rings is 1. The van der Waals surface area contributed by atoms with Crippen molar-refractivity contribution in [1.29, 1.82) is 0 Å². The molecule has 1 aromatic heterocycles. The molecule has 9 nitrogen and oxygen atoms in total. The van der Waals surface area contributed by atoms with Crippen molar-refractivity contribution in [2.45, 2.75) is 30.3 Å². The molecule has 1 unspecified atom stereocenters. The zero-order valence-electron chi connectivity index (χ0n) is 18.8. The standard InChI is InChI=1S/C24H28N4O5S/c1-34(32,33)22-9-7-20(8-10-22)19-5-3-18(4-6-19)15-21(16-29)27-24(31)23(30)26-11-2-13-28-14-12-25-17-28/h3-10,12,14,17,21,29H,2,11,13,15-16H2,1H3,(H,26,30)(H,27,31). The van der Waals surface area contributed by atoms with Gasteiger partial charge in [0.15, 0.2) is 9.84 Å². The van der Waals surface area contributed by atoms with Gasteiger partial charge in [-0.1, -0.05) is 36.4 Å². The van der Waals surface area contributed by atoms with Crippen LogP contribution in [0.4, 0.5) is 0 Å². The molecule has 3 N–H and O–H groups in total. The van der Waals surface area contributed by atoms with E-state index in [-0.39, 0.29) is 11.5 Å². The summed E-state index contributed by atoms with van der Waals surface area (Å²) in [7, 11) is -3.25. The highest BCUT2D eigenvalue weighted by atomic mass is 32.2. The van der Waals surface area contributed by atoms with Crippen molar-refractivity contribution in [3.05, 3.63) is 72.8 Å². The maximum absolute atomic E-state index is 12.2. The molecule has 0 aliphatic carbocycles. The lowest BCUT2D eigenvalue weighted by Crippen LogP contribution is -2.47. The predicted molar refractivity (Wildman–Crippen MR) is 128 cm³/mol. The Morgan fingerprint density at radius 1 is 1.03 bits per heavy atom. The fourth-order valence-corrected chi connectivity index (χ4v) is 4.02. The first-order chi connectivity index (χ1) is 16.3. The van der Waals surface area contributed by atoms with Crippen molar-refractivity contribution in [2.24, 2.45) is 0 Å². The number of amides is 2. The van der Waals surface area contributed by atoms with Crippen molar-refractivity contribution in [3.8, 4) is 11.1 Å². The fourth-order valence-electron chi connectivity index (χ4n) is 3.39. The lowest BCUT2D eigenvalue weighted by Gasteiger charge is -2.16. The molecule has 3 aromatic rings. The second kappa shape index (κ2) is 11.6. The second-order valence-electron chi connectivity index (χ2n) is 7.96. The van der Waals surface area contributed by atoms with Gasteiger partial charge in [-0.2, -0.15) is 0 Å². The van der Waals surface area contributed by atoms with Gasteiger partial charge in [0.25, 0.3) is 0 Å². The van der Waals surface area contributed by atoms with Crippen LogP contribution >= 0.6 is 0 Å². The van der Waals surface area contributed by atoms with E-state index < -0.39 is 27.7 Å². The zero-order valence-corrected chi connectivity index (χ0v) is 19.7. The highest BCUT2D eigenvalue weighted by molar-refractivity contribution is 7.90. The van der Waals surface area contributed by atoms with Gasteiger partial charge >= 0.3 is 11.8 Å². The van der Waals surface area contributed by atoms with Crippen molar-refractivity contribution in [2.75, 3.05) is 19.4 Å². The minimum Gasteiger partial charge on any atom is -0.394 e. The van der Waals surface area contributed by atoms with Gasteiger partial charge in [-0.15, -0.1) is 0 Å². The summed E-state index contributed by atoms with van der Waals surface area (Å²) < 4.78 is 25.1. The van der Waals surface area contributed by atoms with E-state index in [9.17, 15) is 23.1 Å². The van der Waals surface area contributed by atoms with Gasteiger partial charge in [-0.3, -0.25) is 9.59 Å². The number of aryl methyl sites for hydroxylation is 1. The van der Waals surface area contributed by atoms with Crippen LogP contribution in [0, 0.1) is 0 Å². The highest BCUT2D eigenvalue weighted by Crippen LogP contribution is 2.22. The molecule has 0 radical (unpaired) electrons. The van der Waals surface area contributed by atoms with Crippen molar-refractivity contribution < 1.29 is 23.1 Å². The minimum absolute atomic E-state index is 0.261. The van der Waals surface area contributed by atoms with Crippen LogP contribution in [0.15, 0.2) is 72.1 Å². The SMILES string of the molecule is CS(=O)(=O)c1ccc(-c2ccc(CC(CO)NC(=O)C(=O)NCCCn3ccnc3)cc2)cc1. The van der Waals surface area contributed by atoms with Gasteiger partial charge in [0.1, 0.15) is 0 Å². The summed E-state index contributed by atoms with van der Waals surface area (Å²) in [5.74, 6) is -1.53. The van der Waals surface area contributed by atoms with Crippen molar-refractivity contribution in [1.82, 2.24) is 20.2 Å². The molecule has 3 rings (SSSR count). The number of benzene rings is 2. The molecule has 0 fully saturated rings. The molecule has 180 valence electrons. The molecule has 0 aliphatic heterocycles. The molecule has 0 saturated carbocycles. The van der Waals surface area contributed by atoms with Gasteiger partial charge in [0.05, 0.1) is 23.9 Å². The minimum atomic E-state index is -3.25. The van der Waals surface area contributed by atoms with Crippen LogP contribution in [-0.4, -0.2) is 60.3 Å². The van der Waals surface area contributed by atoms with Crippen molar-refractivity contribution in [3.63, 3.8) is 0 Å². The molecular weight excluding hydrogens is 456 g/mol. The summed E-state index contributed by atoms with van der Waals surface area (Å²) >= 11 is 0. The topological polar surface area (TPSA) is 130 Å². The van der Waals surface area contributed by atoms with E-state index in [0.717, 1.165) is 16.7 Å². The predicted octanol–water partition coefficient (Wildman–Crippen LogP) is 1.18. The average Bonchev–Trinajstić information content (AvgIpc) is 3.35. The third kappa shape index (κ3) is 7.26. The van der Waals surface area contributed by atoms with E-state index >= 15 is 0 Å². The number of aliphatic hydroxyl groups is 1. The number of aromatic nitrogens is 2. The van der Waals surface area contributed by atoms with Gasteiger partial charge in [0, 0.05) is 31.7 Å². The molecule has 0 bridgehead atoms. The zero-order chi connectivity index (χ0) is 24.6. The second-order valence-corrected chi connectivity index (χ2v) is 9.98. The number of rotatable bonds is 10. The molecule has 1 heterocycles. The average molecular weight is 485 g/mol. The van der Waals surface area contributed by atoms with Crippen LogP contribution in [-0.2, 0) is 32.4 Å². The van der Waals surface area contributed by atoms with E-state index in [1.807, 2.05) is 35.0 Å². The Bertz CT molecular complexity index is 1190. The Kier molecular flexibility index (Phi) is 8.55. The normalized spacial score (nSPS) is 12.2. The first-order valence-electron chi connectivity index (χ1n) is 10.8. The molecule has 10 heteroatoms. The van der Waals surface area contributed by atoms with E-state index in [1.165, 1.54) is 6.26 Å². The van der Waals surface area contributed by atoms with Crippen LogP contribution in [0.5, 0.6) is 0 Å². The van der Waals surface area contributed by atoms with E-state index in [1.54, 1.807) is 36.8 Å². The third-order valence-corrected chi connectivity index (χ3v) is 6.38. The molecule has 2 amide bonds. The maximum Gasteiger partial charge on any atom is 0.309 e. The largest absolute Gasteiger partial charge is 0.394 e. The van der Waals surface area contributed by atoms with Crippen LogP contribution in [0.25, 0.3) is 11.1 Å². The molecule has 2 aromatic carbocycles. The summed E-state index contributed by atoms with van der Waals surface area (Å²) in [5.41, 5.74) is 2.65. The van der Waals surface area contributed by atoms with Crippen LogP contribution < -0.4 is 10.6 Å². The van der Waals surface area contributed by atoms with E-state index in [4.69, 9.17) is 0 Å². The van der Waals surface area contributed by atoms with Crippen LogP contribution in [0.1, 0.15) is 12.0 Å². The number of hydrogen-bond acceptors (Lipinski definition) is 6. The Balaban J connectivity index is 1.49. The summed E-state index contributed by atoms with van der Waals surface area (Å²) in [4.78, 5) is 28.4. The molecule has 0 aliphatic rings. The molecule has 34 heavy (non-hydrogen) atoms. The summed E-state index contributed by atoms with van der Waals surface area (Å²) in [5, 5.41) is 14.8. The smallest absolute Gasteiger partial charge is 0.309 e. The summed E-state index contributed by atoms with van der Waals surface area (Å²) in [6.45, 7) is 0.716. The first kappa shape index (κ1) is 25.1. The Hall–Kier alpha value is -3.50. The quantitative estimate of drug-likeness (QED) is 0.293. The van der Waals surface area contributed by atoms with E-state index in [2.05, 4.69) is 15.6 Å². The monoisotopic (exact) mass is 484 g/mol. The number of aliphatic hydroxyl groups excluding tert-OH is 1. The first-order valence-corrected chi connectivity index (χ1v) is 12.7. The number of sulfone groups is 1. The van der Waals surface area contributed by atoms with Gasteiger partial charge < -0.3 is 20.3 Å². The van der Waals surface area contributed by atoms with E-state index in [0.29, 0.717) is 25.9 Å². The van der Waals surface area contributed by atoms with Crippen LogP contribution in [0.3, 0.4) is 0 Å². The number of carbonyl (C=O) groups excluding carboxylic acids is 2. The number of nitrogens with one attached hydrogen (secondary N) is 2. The molecule has 0 saturated heterocycles. The molecular formula is C24H28N4O5S.